The van der Waals surface area contributed by atoms with E-state index in [2.05, 4.69) is 4.90 Å². The first-order chi connectivity index (χ1) is 18.5. The van der Waals surface area contributed by atoms with Crippen LogP contribution in [0.2, 0.25) is 0 Å². The molecule has 7 nitrogen and oxygen atoms in total. The van der Waals surface area contributed by atoms with E-state index < -0.39 is 0 Å². The second kappa shape index (κ2) is 12.4. The van der Waals surface area contributed by atoms with Gasteiger partial charge in [-0.15, -0.1) is 12.4 Å². The summed E-state index contributed by atoms with van der Waals surface area (Å²) in [5, 5.41) is 1.46. The van der Waals surface area contributed by atoms with E-state index in [1.807, 2.05) is 86.9 Å². The van der Waals surface area contributed by atoms with Crippen molar-refractivity contribution in [2.45, 2.75) is 6.42 Å². The Kier molecular flexibility index (Phi) is 9.01. The van der Waals surface area contributed by atoms with Gasteiger partial charge in [0.05, 0.1) is 41.2 Å². The monoisotopic (exact) mass is 562 g/mol. The van der Waals surface area contributed by atoms with Gasteiger partial charge in [-0.05, 0) is 39.2 Å². The van der Waals surface area contributed by atoms with E-state index in [0.29, 0.717) is 28.7 Å². The fraction of sp³-hybridized carbons (Fsp3) is 0.233. The molecular formula is C30H31ClN4O3S. The average molecular weight is 563 g/mol. The van der Waals surface area contributed by atoms with Crippen LogP contribution < -0.4 is 14.4 Å². The number of benzene rings is 3. The van der Waals surface area contributed by atoms with Gasteiger partial charge in [0.1, 0.15) is 0 Å². The third-order valence-corrected chi connectivity index (χ3v) is 7.40. The van der Waals surface area contributed by atoms with Crippen LogP contribution in [0.1, 0.15) is 16.8 Å². The van der Waals surface area contributed by atoms with Crippen molar-refractivity contribution in [3.8, 4) is 22.8 Å². The summed E-state index contributed by atoms with van der Waals surface area (Å²) in [6.07, 6.45) is 0.801. The number of aromatic nitrogens is 2. The lowest BCUT2D eigenvalue weighted by molar-refractivity contribution is 0.0987. The van der Waals surface area contributed by atoms with Crippen molar-refractivity contribution in [1.82, 2.24) is 14.9 Å². The van der Waals surface area contributed by atoms with Gasteiger partial charge in [0.25, 0.3) is 5.91 Å². The molecule has 0 atom stereocenters. The molecule has 0 N–H and O–H groups in total. The smallest absolute Gasteiger partial charge is 0.260 e. The molecule has 0 saturated heterocycles. The van der Waals surface area contributed by atoms with Crippen LogP contribution >= 0.6 is 23.7 Å². The van der Waals surface area contributed by atoms with Crippen molar-refractivity contribution in [3.63, 3.8) is 0 Å². The van der Waals surface area contributed by atoms with Gasteiger partial charge in [-0.1, -0.05) is 59.9 Å². The van der Waals surface area contributed by atoms with Crippen LogP contribution in [-0.4, -0.2) is 62.2 Å². The standard InChI is InChI=1S/C30H30N4O3S.ClH/c1-33(2)15-10-16-34(30-32-25-18-26(36-3)27(37-4)19-28(25)38-30)29(35)22-17-24(20-11-6-5-7-12-20)31-23-14-9-8-13-21(22)23;/h5-9,11-14,17-19H,10,15-16H2,1-4H3;1H. The summed E-state index contributed by atoms with van der Waals surface area (Å²) in [4.78, 5) is 28.0. The molecule has 202 valence electrons. The number of amides is 1. The number of ether oxygens (including phenoxy) is 2. The molecule has 0 unspecified atom stereocenters. The van der Waals surface area contributed by atoms with Gasteiger partial charge in [-0.3, -0.25) is 9.69 Å². The first-order valence-electron chi connectivity index (χ1n) is 12.4. The van der Waals surface area contributed by atoms with Gasteiger partial charge in [-0.25, -0.2) is 9.97 Å². The number of rotatable bonds is 9. The summed E-state index contributed by atoms with van der Waals surface area (Å²) in [6.45, 7) is 1.38. The minimum Gasteiger partial charge on any atom is -0.493 e. The molecule has 2 aromatic heterocycles. The molecule has 0 saturated carbocycles. The molecule has 0 fully saturated rings. The molecule has 0 spiro atoms. The summed E-state index contributed by atoms with van der Waals surface area (Å²) in [5.74, 6) is 1.14. The van der Waals surface area contributed by atoms with Gasteiger partial charge in [0.2, 0.25) is 0 Å². The van der Waals surface area contributed by atoms with Crippen molar-refractivity contribution < 1.29 is 14.3 Å². The van der Waals surface area contributed by atoms with E-state index in [1.165, 1.54) is 11.3 Å². The maximum absolute atomic E-state index is 14.3. The summed E-state index contributed by atoms with van der Waals surface area (Å²) < 4.78 is 11.9. The topological polar surface area (TPSA) is 67.8 Å². The van der Waals surface area contributed by atoms with E-state index in [1.54, 1.807) is 19.1 Å². The van der Waals surface area contributed by atoms with Crippen molar-refractivity contribution in [3.05, 3.63) is 78.4 Å². The van der Waals surface area contributed by atoms with Gasteiger partial charge in [0.15, 0.2) is 16.6 Å². The molecule has 3 aromatic carbocycles. The summed E-state index contributed by atoms with van der Waals surface area (Å²) in [7, 11) is 7.28. The number of fused-ring (bicyclic) bond motifs is 2. The van der Waals surface area contributed by atoms with Crippen LogP contribution in [0.25, 0.3) is 32.4 Å². The Balaban J connectivity index is 0.00000353. The lowest BCUT2D eigenvalue weighted by Gasteiger charge is -2.22. The Labute approximate surface area is 238 Å². The largest absolute Gasteiger partial charge is 0.493 e. The molecule has 0 aliphatic rings. The number of carbonyl (C=O) groups is 1. The number of thiazole rings is 1. The number of methoxy groups -OCH3 is 2. The third kappa shape index (κ3) is 5.98. The quantitative estimate of drug-likeness (QED) is 0.203. The molecular weight excluding hydrogens is 532 g/mol. The molecule has 0 radical (unpaired) electrons. The molecule has 5 rings (SSSR count). The van der Waals surface area contributed by atoms with Crippen LogP contribution in [0.4, 0.5) is 5.13 Å². The molecule has 2 heterocycles. The summed E-state index contributed by atoms with van der Waals surface area (Å²) in [6, 6.07) is 23.4. The Hall–Kier alpha value is -3.72. The fourth-order valence-electron chi connectivity index (χ4n) is 4.44. The van der Waals surface area contributed by atoms with E-state index >= 15 is 0 Å². The van der Waals surface area contributed by atoms with E-state index in [9.17, 15) is 4.79 Å². The van der Waals surface area contributed by atoms with Crippen LogP contribution in [0.5, 0.6) is 11.5 Å². The first-order valence-corrected chi connectivity index (χ1v) is 13.2. The highest BCUT2D eigenvalue weighted by Gasteiger charge is 2.25. The van der Waals surface area contributed by atoms with Crippen molar-refractivity contribution in [2.75, 3.05) is 46.3 Å². The predicted molar refractivity (Wildman–Crippen MR) is 162 cm³/mol. The number of para-hydroxylation sites is 1. The van der Waals surface area contributed by atoms with E-state index in [4.69, 9.17) is 19.4 Å². The number of hydrogen-bond acceptors (Lipinski definition) is 7. The lowest BCUT2D eigenvalue weighted by Crippen LogP contribution is -2.33. The molecule has 0 aliphatic heterocycles. The van der Waals surface area contributed by atoms with Crippen molar-refractivity contribution in [2.24, 2.45) is 0 Å². The molecule has 5 aromatic rings. The normalized spacial score (nSPS) is 11.0. The van der Waals surface area contributed by atoms with Gasteiger partial charge >= 0.3 is 0 Å². The molecule has 0 bridgehead atoms. The number of anilines is 1. The molecule has 1 amide bonds. The van der Waals surface area contributed by atoms with Gasteiger partial charge < -0.3 is 14.4 Å². The Morgan fingerprint density at radius 3 is 2.26 bits per heavy atom. The zero-order valence-corrected chi connectivity index (χ0v) is 24.0. The fourth-order valence-corrected chi connectivity index (χ4v) is 5.44. The maximum Gasteiger partial charge on any atom is 0.260 e. The highest BCUT2D eigenvalue weighted by atomic mass is 35.5. The summed E-state index contributed by atoms with van der Waals surface area (Å²) >= 11 is 1.47. The SMILES string of the molecule is COc1cc2nc(N(CCCN(C)C)C(=O)c3cc(-c4ccccc4)nc4ccccc34)sc2cc1OC.Cl. The van der Waals surface area contributed by atoms with Gasteiger partial charge in [0, 0.05) is 29.6 Å². The van der Waals surface area contributed by atoms with Crippen LogP contribution in [0.3, 0.4) is 0 Å². The molecule has 39 heavy (non-hydrogen) atoms. The maximum atomic E-state index is 14.3. The lowest BCUT2D eigenvalue weighted by atomic mass is 10.0. The zero-order valence-electron chi connectivity index (χ0n) is 22.4. The zero-order chi connectivity index (χ0) is 26.6. The molecule has 0 aliphatic carbocycles. The second-order valence-corrected chi connectivity index (χ2v) is 10.2. The van der Waals surface area contributed by atoms with Crippen molar-refractivity contribution in [1.29, 1.82) is 0 Å². The predicted octanol–water partition coefficient (Wildman–Crippen LogP) is 6.55. The molecule has 9 heteroatoms. The highest BCUT2D eigenvalue weighted by molar-refractivity contribution is 7.22. The van der Waals surface area contributed by atoms with E-state index in [-0.39, 0.29) is 18.3 Å². The first kappa shape index (κ1) is 28.3. The van der Waals surface area contributed by atoms with Crippen LogP contribution in [-0.2, 0) is 0 Å². The highest BCUT2D eigenvalue weighted by Crippen LogP contribution is 2.38. The Bertz CT molecular complexity index is 1550. The number of carbonyl (C=O) groups excluding carboxylic acids is 1. The Morgan fingerprint density at radius 2 is 1.54 bits per heavy atom. The number of halogens is 1. The number of pyridine rings is 1. The minimum absolute atomic E-state index is 0. The van der Waals surface area contributed by atoms with Crippen molar-refractivity contribution >= 4 is 55.9 Å². The number of hydrogen-bond donors (Lipinski definition) is 0. The van der Waals surface area contributed by atoms with Crippen LogP contribution in [0.15, 0.2) is 72.8 Å². The third-order valence-electron chi connectivity index (χ3n) is 6.36. The Morgan fingerprint density at radius 1 is 0.846 bits per heavy atom. The minimum atomic E-state index is -0.0995. The number of nitrogens with zero attached hydrogens (tertiary/aromatic N) is 4. The average Bonchev–Trinajstić information content (AvgIpc) is 3.36. The van der Waals surface area contributed by atoms with Crippen LogP contribution in [0, 0.1) is 0 Å². The van der Waals surface area contributed by atoms with Gasteiger partial charge in [-0.2, -0.15) is 0 Å². The summed E-state index contributed by atoms with van der Waals surface area (Å²) in [5.41, 5.74) is 3.88. The second-order valence-electron chi connectivity index (χ2n) is 9.22. The van der Waals surface area contributed by atoms with E-state index in [0.717, 1.165) is 45.3 Å².